The standard InChI is InChI=1S/C33H28Cl2N2O6/c1-20(2)24-5-4-21(3)29(16-24)41-19-31(38)37-36-18-25-10-15-28(42-32(39)22-6-11-26(34)12-7-22)17-30(25)43-33(40)23-8-13-27(35)14-9-23/h4-18,20H,19H2,1-3H3,(H,37,38)/b36-18-. The summed E-state index contributed by atoms with van der Waals surface area (Å²) in [5, 5.41) is 4.93. The first-order chi connectivity index (χ1) is 20.6. The van der Waals surface area contributed by atoms with Crippen molar-refractivity contribution in [2.24, 2.45) is 5.10 Å². The van der Waals surface area contributed by atoms with E-state index < -0.39 is 17.8 Å². The lowest BCUT2D eigenvalue weighted by atomic mass is 10.0. The van der Waals surface area contributed by atoms with Crippen molar-refractivity contribution in [1.29, 1.82) is 0 Å². The van der Waals surface area contributed by atoms with Crippen LogP contribution >= 0.6 is 23.2 Å². The molecule has 0 aliphatic rings. The Balaban J connectivity index is 1.48. The van der Waals surface area contributed by atoms with Crippen LogP contribution in [0, 0.1) is 6.92 Å². The fourth-order valence-corrected chi connectivity index (χ4v) is 4.00. The molecule has 0 aromatic heterocycles. The van der Waals surface area contributed by atoms with Crippen LogP contribution in [0.5, 0.6) is 17.2 Å². The second kappa shape index (κ2) is 14.5. The zero-order valence-corrected chi connectivity index (χ0v) is 25.1. The first kappa shape index (κ1) is 31.3. The number of aryl methyl sites for hydroxylation is 1. The fraction of sp³-hybridized carbons (Fsp3) is 0.152. The molecule has 0 bridgehead atoms. The molecule has 4 aromatic rings. The van der Waals surface area contributed by atoms with Gasteiger partial charge in [-0.25, -0.2) is 15.0 Å². The van der Waals surface area contributed by atoms with Crippen LogP contribution in [0.3, 0.4) is 0 Å². The van der Waals surface area contributed by atoms with E-state index in [9.17, 15) is 14.4 Å². The number of nitrogens with zero attached hydrogens (tertiary/aromatic N) is 1. The maximum atomic E-state index is 12.8. The number of rotatable bonds is 10. The van der Waals surface area contributed by atoms with Crippen LogP contribution in [0.1, 0.15) is 57.2 Å². The van der Waals surface area contributed by atoms with E-state index in [4.69, 9.17) is 37.4 Å². The van der Waals surface area contributed by atoms with E-state index in [2.05, 4.69) is 24.4 Å². The molecule has 8 nitrogen and oxygen atoms in total. The number of amides is 1. The smallest absolute Gasteiger partial charge is 0.343 e. The number of hydrogen-bond donors (Lipinski definition) is 1. The molecular weight excluding hydrogens is 591 g/mol. The lowest BCUT2D eigenvalue weighted by Gasteiger charge is -2.12. The van der Waals surface area contributed by atoms with Crippen molar-refractivity contribution in [2.75, 3.05) is 6.61 Å². The zero-order chi connectivity index (χ0) is 30.9. The third-order valence-corrected chi connectivity index (χ3v) is 6.69. The summed E-state index contributed by atoms with van der Waals surface area (Å²) in [5.74, 6) is -0.705. The Hall–Kier alpha value is -4.66. The Morgan fingerprint density at radius 3 is 2.00 bits per heavy atom. The summed E-state index contributed by atoms with van der Waals surface area (Å²) < 4.78 is 16.8. The molecule has 43 heavy (non-hydrogen) atoms. The Kier molecular flexibility index (Phi) is 10.5. The maximum Gasteiger partial charge on any atom is 0.343 e. The van der Waals surface area contributed by atoms with Crippen molar-refractivity contribution in [1.82, 2.24) is 5.43 Å². The third kappa shape index (κ3) is 8.91. The molecule has 0 saturated carbocycles. The topological polar surface area (TPSA) is 103 Å². The lowest BCUT2D eigenvalue weighted by Crippen LogP contribution is -2.24. The minimum atomic E-state index is -0.677. The van der Waals surface area contributed by atoms with Crippen molar-refractivity contribution in [3.8, 4) is 17.2 Å². The molecular formula is C33H28Cl2N2O6. The number of benzene rings is 4. The largest absolute Gasteiger partial charge is 0.483 e. The molecule has 0 aliphatic heterocycles. The average molecular weight is 620 g/mol. The van der Waals surface area contributed by atoms with Crippen LogP contribution in [0.2, 0.25) is 10.0 Å². The average Bonchev–Trinajstić information content (AvgIpc) is 2.98. The highest BCUT2D eigenvalue weighted by Gasteiger charge is 2.15. The summed E-state index contributed by atoms with van der Waals surface area (Å²) in [4.78, 5) is 37.9. The quantitative estimate of drug-likeness (QED) is 0.0860. The van der Waals surface area contributed by atoms with E-state index in [-0.39, 0.29) is 29.2 Å². The summed E-state index contributed by atoms with van der Waals surface area (Å²) in [5.41, 5.74) is 5.27. The van der Waals surface area contributed by atoms with Gasteiger partial charge in [0.2, 0.25) is 0 Å². The van der Waals surface area contributed by atoms with Gasteiger partial charge in [0.25, 0.3) is 5.91 Å². The summed E-state index contributed by atoms with van der Waals surface area (Å²) in [6.45, 7) is 5.80. The Labute approximate surface area is 259 Å². The fourth-order valence-electron chi connectivity index (χ4n) is 3.75. The normalized spacial score (nSPS) is 10.9. The second-order valence-electron chi connectivity index (χ2n) is 9.75. The molecule has 1 amide bonds. The molecule has 0 radical (unpaired) electrons. The van der Waals surface area contributed by atoms with E-state index in [1.807, 2.05) is 25.1 Å². The van der Waals surface area contributed by atoms with Gasteiger partial charge in [0, 0.05) is 21.7 Å². The summed E-state index contributed by atoms with van der Waals surface area (Å²) >= 11 is 11.8. The van der Waals surface area contributed by atoms with Crippen molar-refractivity contribution < 1.29 is 28.6 Å². The molecule has 0 heterocycles. The Bertz CT molecular complexity index is 1650. The highest BCUT2D eigenvalue weighted by atomic mass is 35.5. The van der Waals surface area contributed by atoms with Crippen LogP contribution in [-0.2, 0) is 4.79 Å². The molecule has 10 heteroatoms. The van der Waals surface area contributed by atoms with Crippen LogP contribution in [-0.4, -0.2) is 30.7 Å². The van der Waals surface area contributed by atoms with E-state index in [0.717, 1.165) is 11.1 Å². The number of hydrogen-bond acceptors (Lipinski definition) is 7. The van der Waals surface area contributed by atoms with Gasteiger partial charge in [-0.3, -0.25) is 4.79 Å². The maximum absolute atomic E-state index is 12.8. The van der Waals surface area contributed by atoms with Gasteiger partial charge in [0.15, 0.2) is 6.61 Å². The Morgan fingerprint density at radius 1 is 0.791 bits per heavy atom. The number of esters is 2. The SMILES string of the molecule is Cc1ccc(C(C)C)cc1OCC(=O)N/N=C\c1ccc(OC(=O)c2ccc(Cl)cc2)cc1OC(=O)c1ccc(Cl)cc1. The second-order valence-corrected chi connectivity index (χ2v) is 10.6. The first-order valence-electron chi connectivity index (χ1n) is 13.2. The summed E-state index contributed by atoms with van der Waals surface area (Å²) in [6, 6.07) is 22.6. The van der Waals surface area contributed by atoms with E-state index >= 15 is 0 Å². The number of ether oxygens (including phenoxy) is 3. The van der Waals surface area contributed by atoms with Crippen LogP contribution in [0.25, 0.3) is 0 Å². The van der Waals surface area contributed by atoms with E-state index in [1.165, 1.54) is 48.7 Å². The number of carbonyl (C=O) groups excluding carboxylic acids is 3. The monoisotopic (exact) mass is 618 g/mol. The molecule has 0 atom stereocenters. The van der Waals surface area contributed by atoms with E-state index in [1.54, 1.807) is 24.3 Å². The summed E-state index contributed by atoms with van der Waals surface area (Å²) in [7, 11) is 0. The van der Waals surface area contributed by atoms with Gasteiger partial charge in [-0.2, -0.15) is 5.10 Å². The highest BCUT2D eigenvalue weighted by Crippen LogP contribution is 2.27. The van der Waals surface area contributed by atoms with Crippen molar-refractivity contribution >= 4 is 47.3 Å². The molecule has 1 N–H and O–H groups in total. The first-order valence-corrected chi connectivity index (χ1v) is 14.0. The molecule has 0 unspecified atom stereocenters. The predicted molar refractivity (Wildman–Crippen MR) is 166 cm³/mol. The lowest BCUT2D eigenvalue weighted by molar-refractivity contribution is -0.123. The number of nitrogens with one attached hydrogen (secondary N) is 1. The van der Waals surface area contributed by atoms with Crippen molar-refractivity contribution in [3.63, 3.8) is 0 Å². The number of halogens is 2. The van der Waals surface area contributed by atoms with Crippen molar-refractivity contribution in [3.05, 3.63) is 123 Å². The van der Waals surface area contributed by atoms with Gasteiger partial charge >= 0.3 is 11.9 Å². The minimum Gasteiger partial charge on any atom is -0.483 e. The highest BCUT2D eigenvalue weighted by molar-refractivity contribution is 6.31. The molecule has 4 rings (SSSR count). The van der Waals surface area contributed by atoms with Gasteiger partial charge < -0.3 is 14.2 Å². The van der Waals surface area contributed by atoms with Gasteiger partial charge in [-0.15, -0.1) is 0 Å². The van der Waals surface area contributed by atoms with Crippen LogP contribution < -0.4 is 19.6 Å². The molecule has 220 valence electrons. The van der Waals surface area contributed by atoms with Gasteiger partial charge in [0.05, 0.1) is 17.3 Å². The van der Waals surface area contributed by atoms with Gasteiger partial charge in [0.1, 0.15) is 17.2 Å². The molecule has 4 aromatic carbocycles. The third-order valence-electron chi connectivity index (χ3n) is 6.19. The minimum absolute atomic E-state index is 0.0386. The van der Waals surface area contributed by atoms with Gasteiger partial charge in [-0.1, -0.05) is 49.2 Å². The Morgan fingerprint density at radius 2 is 1.40 bits per heavy atom. The molecule has 0 aliphatic carbocycles. The zero-order valence-electron chi connectivity index (χ0n) is 23.6. The molecule has 0 fully saturated rings. The van der Waals surface area contributed by atoms with Crippen LogP contribution in [0.15, 0.2) is 90.0 Å². The predicted octanol–water partition coefficient (Wildman–Crippen LogP) is 7.39. The molecule has 0 spiro atoms. The van der Waals surface area contributed by atoms with Crippen LogP contribution in [0.4, 0.5) is 0 Å². The summed E-state index contributed by atoms with van der Waals surface area (Å²) in [6.07, 6.45) is 1.30. The number of carbonyl (C=O) groups is 3. The van der Waals surface area contributed by atoms with Gasteiger partial charge in [-0.05, 0) is 90.7 Å². The van der Waals surface area contributed by atoms with E-state index in [0.29, 0.717) is 27.3 Å². The van der Waals surface area contributed by atoms with Crippen molar-refractivity contribution in [2.45, 2.75) is 26.7 Å². The number of hydrazone groups is 1. The molecule has 0 saturated heterocycles.